The molecule has 7 unspecified atom stereocenters. The molecule has 0 saturated carbocycles. The maximum Gasteiger partial charge on any atom is 0.329 e. The summed E-state index contributed by atoms with van der Waals surface area (Å²) in [6, 6.07) is 37.2. The van der Waals surface area contributed by atoms with Crippen LogP contribution in [0.4, 0.5) is 10.5 Å². The SMILES string of the molecule is CC(NC(=O)N1C(=O)C2(c3ccccc31)C(C(N)=O)C1C(=O)OC(c3ccccc3)C(c3ccccc3)N1C2c1ccc(O)cc1)c1ccccc1. The molecule has 8 rings (SSSR count). The van der Waals surface area contributed by atoms with Crippen molar-refractivity contribution in [3.63, 3.8) is 0 Å². The number of aromatic hydroxyl groups is 1. The van der Waals surface area contributed by atoms with Crippen LogP contribution >= 0.6 is 0 Å². The predicted molar refractivity (Wildman–Crippen MR) is 193 cm³/mol. The van der Waals surface area contributed by atoms with E-state index in [0.29, 0.717) is 11.1 Å². The Morgan fingerprint density at radius 1 is 0.750 bits per heavy atom. The summed E-state index contributed by atoms with van der Waals surface area (Å²) >= 11 is 0. The monoisotopic (exact) mass is 692 g/mol. The molecule has 2 saturated heterocycles. The quantitative estimate of drug-likeness (QED) is 0.185. The van der Waals surface area contributed by atoms with Crippen molar-refractivity contribution in [3.05, 3.63) is 167 Å². The maximum absolute atomic E-state index is 15.6. The average molecular weight is 693 g/mol. The molecule has 0 radical (unpaired) electrons. The highest BCUT2D eigenvalue weighted by Gasteiger charge is 2.75. The van der Waals surface area contributed by atoms with Gasteiger partial charge in [0.05, 0.1) is 29.7 Å². The van der Waals surface area contributed by atoms with Gasteiger partial charge in [0, 0.05) is 0 Å². The number of benzene rings is 5. The molecule has 5 aromatic rings. The van der Waals surface area contributed by atoms with E-state index in [2.05, 4.69) is 5.32 Å². The third-order valence-corrected chi connectivity index (χ3v) is 10.7. The number of nitrogens with two attached hydrogens (primary N) is 1. The number of amides is 4. The number of nitrogens with one attached hydrogen (secondary N) is 1. The minimum atomic E-state index is -1.87. The molecule has 260 valence electrons. The highest BCUT2D eigenvalue weighted by molar-refractivity contribution is 6.24. The van der Waals surface area contributed by atoms with Gasteiger partial charge in [-0.2, -0.15) is 0 Å². The number of rotatable bonds is 6. The number of esters is 1. The molecule has 4 amide bonds. The second kappa shape index (κ2) is 12.8. The molecule has 3 aliphatic heterocycles. The number of anilines is 1. The summed E-state index contributed by atoms with van der Waals surface area (Å²) in [5, 5.41) is 13.4. The van der Waals surface area contributed by atoms with E-state index in [1.807, 2.05) is 103 Å². The van der Waals surface area contributed by atoms with Crippen LogP contribution < -0.4 is 16.0 Å². The van der Waals surface area contributed by atoms with Crippen LogP contribution in [-0.2, 0) is 24.5 Å². The van der Waals surface area contributed by atoms with E-state index in [0.717, 1.165) is 21.6 Å². The van der Waals surface area contributed by atoms with Crippen molar-refractivity contribution in [2.24, 2.45) is 11.7 Å². The van der Waals surface area contributed by atoms with Crippen molar-refractivity contribution in [2.45, 2.75) is 42.6 Å². The van der Waals surface area contributed by atoms with Crippen LogP contribution in [0.3, 0.4) is 0 Å². The number of fused-ring (bicyclic) bond motifs is 3. The van der Waals surface area contributed by atoms with Gasteiger partial charge in [0.25, 0.3) is 0 Å². The molecule has 10 nitrogen and oxygen atoms in total. The molecule has 2 fully saturated rings. The van der Waals surface area contributed by atoms with Crippen molar-refractivity contribution in [2.75, 3.05) is 4.90 Å². The van der Waals surface area contributed by atoms with Gasteiger partial charge in [0.1, 0.15) is 23.3 Å². The van der Waals surface area contributed by atoms with Gasteiger partial charge in [-0.15, -0.1) is 0 Å². The smallest absolute Gasteiger partial charge is 0.329 e. The molecular formula is C42H36N4O6. The number of cyclic esters (lactones) is 1. The van der Waals surface area contributed by atoms with E-state index in [-0.39, 0.29) is 11.4 Å². The Hall–Kier alpha value is -6.26. The number of urea groups is 1. The van der Waals surface area contributed by atoms with Crippen LogP contribution in [0.2, 0.25) is 0 Å². The summed E-state index contributed by atoms with van der Waals surface area (Å²) in [7, 11) is 0. The molecule has 4 N–H and O–H groups in total. The normalized spacial score (nSPS) is 25.6. The predicted octanol–water partition coefficient (Wildman–Crippen LogP) is 6.01. The van der Waals surface area contributed by atoms with Gasteiger partial charge in [-0.3, -0.25) is 19.3 Å². The number of hydrogen-bond acceptors (Lipinski definition) is 7. The molecule has 0 aromatic heterocycles. The molecule has 1 spiro atoms. The minimum absolute atomic E-state index is 0.00678. The molecule has 0 aliphatic carbocycles. The van der Waals surface area contributed by atoms with Gasteiger partial charge in [-0.1, -0.05) is 121 Å². The van der Waals surface area contributed by atoms with E-state index in [1.54, 1.807) is 36.4 Å². The van der Waals surface area contributed by atoms with Gasteiger partial charge in [0.2, 0.25) is 11.8 Å². The number of carbonyl (C=O) groups excluding carboxylic acids is 4. The average Bonchev–Trinajstić information content (AvgIpc) is 3.63. The Balaban J connectivity index is 1.37. The molecular weight excluding hydrogens is 656 g/mol. The topological polar surface area (TPSA) is 142 Å². The third kappa shape index (κ3) is 4.97. The van der Waals surface area contributed by atoms with Crippen LogP contribution in [0.5, 0.6) is 5.75 Å². The van der Waals surface area contributed by atoms with Gasteiger partial charge in [-0.25, -0.2) is 9.69 Å². The highest BCUT2D eigenvalue weighted by atomic mass is 16.6. The fourth-order valence-electron chi connectivity index (χ4n) is 8.63. The second-order valence-electron chi connectivity index (χ2n) is 13.5. The lowest BCUT2D eigenvalue weighted by atomic mass is 9.65. The summed E-state index contributed by atoms with van der Waals surface area (Å²) in [6.07, 6.45) is -0.839. The van der Waals surface area contributed by atoms with Crippen LogP contribution in [0, 0.1) is 5.92 Å². The zero-order chi connectivity index (χ0) is 36.1. The lowest BCUT2D eigenvalue weighted by Crippen LogP contribution is -2.55. The fourth-order valence-corrected chi connectivity index (χ4v) is 8.63. The molecule has 7 atom stereocenters. The van der Waals surface area contributed by atoms with Crippen molar-refractivity contribution < 1.29 is 29.0 Å². The number of phenols is 1. The Morgan fingerprint density at radius 3 is 1.96 bits per heavy atom. The Labute approximate surface area is 300 Å². The van der Waals surface area contributed by atoms with E-state index in [9.17, 15) is 19.5 Å². The minimum Gasteiger partial charge on any atom is -0.508 e. The van der Waals surface area contributed by atoms with E-state index < -0.39 is 65.4 Å². The number of imide groups is 1. The summed E-state index contributed by atoms with van der Waals surface area (Å²) < 4.78 is 6.31. The summed E-state index contributed by atoms with van der Waals surface area (Å²) in [6.45, 7) is 1.82. The number of hydrogen-bond donors (Lipinski definition) is 3. The number of carbonyl (C=O) groups is 4. The summed E-state index contributed by atoms with van der Waals surface area (Å²) in [5.41, 5.74) is 8.00. The van der Waals surface area contributed by atoms with Crippen molar-refractivity contribution in [3.8, 4) is 5.75 Å². The van der Waals surface area contributed by atoms with Gasteiger partial charge in [-0.05, 0) is 52.9 Å². The Kier molecular flexibility index (Phi) is 8.11. The Bertz CT molecular complexity index is 2160. The molecule has 52 heavy (non-hydrogen) atoms. The standard InChI is InChI=1S/C42H36N4O6/c1-25(26-13-5-2-6-14-26)44-41(51)45-32-20-12-11-19-31(32)42(40(45)50)33(38(43)48)35-39(49)52-36(28-17-9-4-10-18-28)34(27-15-7-3-8-16-27)46(35)37(42)29-21-23-30(47)24-22-29/h2-25,33-37,47H,1H3,(H2,43,48)(H,44,51). The highest BCUT2D eigenvalue weighted by Crippen LogP contribution is 2.65. The van der Waals surface area contributed by atoms with Gasteiger partial charge < -0.3 is 20.9 Å². The van der Waals surface area contributed by atoms with Crippen LogP contribution in [0.25, 0.3) is 0 Å². The first-order valence-corrected chi connectivity index (χ1v) is 17.2. The van der Waals surface area contributed by atoms with E-state index in [4.69, 9.17) is 10.5 Å². The second-order valence-corrected chi connectivity index (χ2v) is 13.5. The van der Waals surface area contributed by atoms with Gasteiger partial charge >= 0.3 is 12.0 Å². The first-order chi connectivity index (χ1) is 25.2. The third-order valence-electron chi connectivity index (χ3n) is 10.7. The zero-order valence-electron chi connectivity index (χ0n) is 28.2. The van der Waals surface area contributed by atoms with E-state index >= 15 is 4.79 Å². The number of phenolic OH excluding ortho intramolecular Hbond substituents is 1. The molecule has 10 heteroatoms. The lowest BCUT2D eigenvalue weighted by molar-refractivity contribution is -0.178. The first kappa shape index (κ1) is 32.9. The molecule has 3 aliphatic rings. The summed E-state index contributed by atoms with van der Waals surface area (Å²) in [5.74, 6) is -3.76. The summed E-state index contributed by atoms with van der Waals surface area (Å²) in [4.78, 5) is 61.5. The number of ether oxygens (including phenoxy) is 1. The Morgan fingerprint density at radius 2 is 1.33 bits per heavy atom. The number of morpholine rings is 1. The van der Waals surface area contributed by atoms with Crippen LogP contribution in [0.1, 0.15) is 59.0 Å². The van der Waals surface area contributed by atoms with Crippen LogP contribution in [0.15, 0.2) is 140 Å². The first-order valence-electron chi connectivity index (χ1n) is 17.2. The number of primary amides is 1. The van der Waals surface area contributed by atoms with Crippen molar-refractivity contribution >= 4 is 29.5 Å². The van der Waals surface area contributed by atoms with Crippen molar-refractivity contribution in [1.82, 2.24) is 10.2 Å². The van der Waals surface area contributed by atoms with E-state index in [1.165, 1.54) is 12.1 Å². The van der Waals surface area contributed by atoms with Crippen LogP contribution in [-0.4, -0.2) is 39.9 Å². The lowest BCUT2D eigenvalue weighted by Gasteiger charge is -2.46. The zero-order valence-corrected chi connectivity index (χ0v) is 28.2. The largest absolute Gasteiger partial charge is 0.508 e. The molecule has 5 aromatic carbocycles. The van der Waals surface area contributed by atoms with Crippen molar-refractivity contribution in [1.29, 1.82) is 0 Å². The fraction of sp³-hybridized carbons (Fsp3) is 0.190. The molecule has 0 bridgehead atoms. The van der Waals surface area contributed by atoms with Gasteiger partial charge in [0.15, 0.2) is 0 Å². The maximum atomic E-state index is 15.6. The number of nitrogens with zero attached hydrogens (tertiary/aromatic N) is 2. The number of para-hydroxylation sites is 1. The molecule has 3 heterocycles.